The van der Waals surface area contributed by atoms with E-state index in [1.807, 2.05) is 6.07 Å². The SMILES string of the molecule is Cc1ccc2nc(C3(C)COCC3N)[nH]c2c1. The highest BCUT2D eigenvalue weighted by atomic mass is 16.5. The number of H-pyrrole nitrogens is 1. The number of rotatable bonds is 1. The van der Waals surface area contributed by atoms with Crippen LogP contribution in [0, 0.1) is 6.92 Å². The fourth-order valence-corrected chi connectivity index (χ4v) is 2.33. The van der Waals surface area contributed by atoms with Gasteiger partial charge in [0.05, 0.1) is 29.7 Å². The third-order valence-corrected chi connectivity index (χ3v) is 3.70. The first kappa shape index (κ1) is 10.7. The summed E-state index contributed by atoms with van der Waals surface area (Å²) in [4.78, 5) is 8.02. The van der Waals surface area contributed by atoms with Crippen LogP contribution in [0.1, 0.15) is 18.3 Å². The molecule has 4 nitrogen and oxygen atoms in total. The number of fused-ring (bicyclic) bond motifs is 1. The molecule has 0 aliphatic carbocycles. The molecule has 1 aromatic heterocycles. The monoisotopic (exact) mass is 231 g/mol. The number of nitrogens with two attached hydrogens (primary N) is 1. The van der Waals surface area contributed by atoms with Gasteiger partial charge in [0.15, 0.2) is 0 Å². The highest BCUT2D eigenvalue weighted by molar-refractivity contribution is 5.76. The molecule has 1 aromatic carbocycles. The lowest BCUT2D eigenvalue weighted by molar-refractivity contribution is 0.178. The van der Waals surface area contributed by atoms with Crippen molar-refractivity contribution < 1.29 is 4.74 Å². The van der Waals surface area contributed by atoms with E-state index in [1.165, 1.54) is 5.56 Å². The molecule has 1 aliphatic heterocycles. The van der Waals surface area contributed by atoms with Crippen molar-refractivity contribution in [3.05, 3.63) is 29.6 Å². The van der Waals surface area contributed by atoms with Crippen LogP contribution in [-0.2, 0) is 10.2 Å². The number of imidazole rings is 1. The standard InChI is InChI=1S/C13H17N3O/c1-8-3-4-9-10(5-8)16-12(15-9)13(2)7-17-6-11(13)14/h3-5,11H,6-7,14H2,1-2H3,(H,15,16). The van der Waals surface area contributed by atoms with E-state index in [0.29, 0.717) is 13.2 Å². The van der Waals surface area contributed by atoms with Gasteiger partial charge in [-0.2, -0.15) is 0 Å². The number of hydrogen-bond acceptors (Lipinski definition) is 3. The second-order valence-electron chi connectivity index (χ2n) is 5.15. The third kappa shape index (κ3) is 1.56. The van der Waals surface area contributed by atoms with E-state index < -0.39 is 0 Å². The van der Waals surface area contributed by atoms with Crippen LogP contribution in [0.3, 0.4) is 0 Å². The fraction of sp³-hybridized carbons (Fsp3) is 0.462. The van der Waals surface area contributed by atoms with Crippen molar-refractivity contribution in [2.75, 3.05) is 13.2 Å². The van der Waals surface area contributed by atoms with Gasteiger partial charge in [0, 0.05) is 6.04 Å². The maximum atomic E-state index is 6.11. The normalized spacial score (nSPS) is 29.0. The molecule has 1 aliphatic rings. The predicted molar refractivity (Wildman–Crippen MR) is 67.0 cm³/mol. The Bertz CT molecular complexity index is 563. The fourth-order valence-electron chi connectivity index (χ4n) is 2.33. The van der Waals surface area contributed by atoms with E-state index in [0.717, 1.165) is 16.9 Å². The Morgan fingerprint density at radius 2 is 2.35 bits per heavy atom. The Morgan fingerprint density at radius 3 is 3.06 bits per heavy atom. The number of nitrogens with one attached hydrogen (secondary N) is 1. The Morgan fingerprint density at radius 1 is 1.53 bits per heavy atom. The molecule has 17 heavy (non-hydrogen) atoms. The van der Waals surface area contributed by atoms with Crippen molar-refractivity contribution in [2.24, 2.45) is 5.73 Å². The lowest BCUT2D eigenvalue weighted by Gasteiger charge is -2.23. The molecule has 0 radical (unpaired) electrons. The Kier molecular flexibility index (Phi) is 2.24. The Balaban J connectivity index is 2.12. The van der Waals surface area contributed by atoms with Gasteiger partial charge in [0.1, 0.15) is 5.82 Å². The zero-order valence-electron chi connectivity index (χ0n) is 10.2. The molecule has 3 N–H and O–H groups in total. The van der Waals surface area contributed by atoms with Gasteiger partial charge >= 0.3 is 0 Å². The molecule has 2 unspecified atom stereocenters. The average Bonchev–Trinajstić information content (AvgIpc) is 2.84. The van der Waals surface area contributed by atoms with Crippen LogP contribution < -0.4 is 5.73 Å². The number of nitrogens with zero attached hydrogens (tertiary/aromatic N) is 1. The summed E-state index contributed by atoms with van der Waals surface area (Å²) in [5.41, 5.74) is 9.20. The van der Waals surface area contributed by atoms with Gasteiger partial charge < -0.3 is 15.5 Å². The molecule has 0 amide bonds. The van der Waals surface area contributed by atoms with Gasteiger partial charge in [-0.1, -0.05) is 6.07 Å². The third-order valence-electron chi connectivity index (χ3n) is 3.70. The van der Waals surface area contributed by atoms with Crippen LogP contribution >= 0.6 is 0 Å². The largest absolute Gasteiger partial charge is 0.379 e. The van der Waals surface area contributed by atoms with Gasteiger partial charge in [-0.25, -0.2) is 4.98 Å². The van der Waals surface area contributed by atoms with Crippen LogP contribution in [0.4, 0.5) is 0 Å². The maximum Gasteiger partial charge on any atom is 0.117 e. The zero-order valence-corrected chi connectivity index (χ0v) is 10.2. The molecule has 2 aromatic rings. The smallest absolute Gasteiger partial charge is 0.117 e. The molecule has 1 saturated heterocycles. The summed E-state index contributed by atoms with van der Waals surface area (Å²) >= 11 is 0. The summed E-state index contributed by atoms with van der Waals surface area (Å²) in [6.07, 6.45) is 0. The van der Waals surface area contributed by atoms with Crippen molar-refractivity contribution in [2.45, 2.75) is 25.3 Å². The van der Waals surface area contributed by atoms with Gasteiger partial charge in [0.25, 0.3) is 0 Å². The minimum Gasteiger partial charge on any atom is -0.379 e. The minimum atomic E-state index is -0.201. The molecule has 0 saturated carbocycles. The number of benzene rings is 1. The predicted octanol–water partition coefficient (Wildman–Crippen LogP) is 1.49. The highest BCUT2D eigenvalue weighted by Crippen LogP contribution is 2.31. The Hall–Kier alpha value is -1.39. The molecule has 90 valence electrons. The van der Waals surface area contributed by atoms with E-state index in [4.69, 9.17) is 10.5 Å². The van der Waals surface area contributed by atoms with Crippen LogP contribution in [0.15, 0.2) is 18.2 Å². The first-order valence-electron chi connectivity index (χ1n) is 5.90. The molecular formula is C13H17N3O. The van der Waals surface area contributed by atoms with Crippen LogP contribution in [-0.4, -0.2) is 29.2 Å². The van der Waals surface area contributed by atoms with Gasteiger partial charge in [0.2, 0.25) is 0 Å². The van der Waals surface area contributed by atoms with E-state index in [9.17, 15) is 0 Å². The molecule has 0 bridgehead atoms. The Labute approximate surface area is 100 Å². The second kappa shape index (κ2) is 3.55. The molecule has 4 heteroatoms. The average molecular weight is 231 g/mol. The van der Waals surface area contributed by atoms with E-state index in [2.05, 4.69) is 35.9 Å². The van der Waals surface area contributed by atoms with E-state index in [-0.39, 0.29) is 11.5 Å². The van der Waals surface area contributed by atoms with E-state index >= 15 is 0 Å². The summed E-state index contributed by atoms with van der Waals surface area (Å²) in [7, 11) is 0. The summed E-state index contributed by atoms with van der Waals surface area (Å²) < 4.78 is 5.46. The lowest BCUT2D eigenvalue weighted by Crippen LogP contribution is -2.42. The molecule has 2 atom stereocenters. The zero-order chi connectivity index (χ0) is 12.0. The second-order valence-corrected chi connectivity index (χ2v) is 5.15. The summed E-state index contributed by atoms with van der Waals surface area (Å²) in [5, 5.41) is 0. The van der Waals surface area contributed by atoms with Gasteiger partial charge in [-0.3, -0.25) is 0 Å². The van der Waals surface area contributed by atoms with E-state index in [1.54, 1.807) is 0 Å². The topological polar surface area (TPSA) is 63.9 Å². The molecule has 3 rings (SSSR count). The number of aryl methyl sites for hydroxylation is 1. The molecular weight excluding hydrogens is 214 g/mol. The van der Waals surface area contributed by atoms with Crippen molar-refractivity contribution in [1.29, 1.82) is 0 Å². The number of aromatic amines is 1. The van der Waals surface area contributed by atoms with Crippen molar-refractivity contribution >= 4 is 11.0 Å². The van der Waals surface area contributed by atoms with Crippen LogP contribution in [0.2, 0.25) is 0 Å². The number of hydrogen-bond donors (Lipinski definition) is 2. The van der Waals surface area contributed by atoms with Crippen LogP contribution in [0.25, 0.3) is 11.0 Å². The van der Waals surface area contributed by atoms with Crippen molar-refractivity contribution in [1.82, 2.24) is 9.97 Å². The lowest BCUT2D eigenvalue weighted by atomic mass is 9.85. The minimum absolute atomic E-state index is 0.00385. The number of aromatic nitrogens is 2. The molecule has 1 fully saturated rings. The summed E-state index contributed by atoms with van der Waals surface area (Å²) in [6.45, 7) is 5.42. The van der Waals surface area contributed by atoms with Gasteiger partial charge in [-0.05, 0) is 31.5 Å². The first-order valence-corrected chi connectivity index (χ1v) is 5.90. The van der Waals surface area contributed by atoms with Crippen molar-refractivity contribution in [3.8, 4) is 0 Å². The summed E-state index contributed by atoms with van der Waals surface area (Å²) in [6, 6.07) is 6.22. The van der Waals surface area contributed by atoms with Crippen molar-refractivity contribution in [3.63, 3.8) is 0 Å². The summed E-state index contributed by atoms with van der Waals surface area (Å²) in [5.74, 6) is 0.933. The maximum absolute atomic E-state index is 6.11. The quantitative estimate of drug-likeness (QED) is 0.781. The number of ether oxygens (including phenoxy) is 1. The molecule has 0 spiro atoms. The highest BCUT2D eigenvalue weighted by Gasteiger charge is 2.41. The molecule has 2 heterocycles. The van der Waals surface area contributed by atoms with Crippen LogP contribution in [0.5, 0.6) is 0 Å². The first-order chi connectivity index (χ1) is 8.09. The van der Waals surface area contributed by atoms with Gasteiger partial charge in [-0.15, -0.1) is 0 Å².